The lowest BCUT2D eigenvalue weighted by atomic mass is 9.97. The smallest absolute Gasteiger partial charge is 0.310 e. The van der Waals surface area contributed by atoms with E-state index in [1.807, 2.05) is 0 Å². The van der Waals surface area contributed by atoms with Crippen LogP contribution >= 0.6 is 11.6 Å². The maximum atomic E-state index is 13.4. The molecule has 2 rings (SSSR count). The van der Waals surface area contributed by atoms with Gasteiger partial charge in [-0.3, -0.25) is 9.59 Å². The summed E-state index contributed by atoms with van der Waals surface area (Å²) in [5.41, 5.74) is 0.126. The molecule has 1 amide bonds. The van der Waals surface area contributed by atoms with E-state index in [1.54, 1.807) is 6.92 Å². The highest BCUT2D eigenvalue weighted by Gasteiger charge is 2.30. The number of esters is 1. The van der Waals surface area contributed by atoms with E-state index in [0.29, 0.717) is 26.0 Å². The largest absolute Gasteiger partial charge is 0.466 e. The van der Waals surface area contributed by atoms with Crippen LogP contribution in [0.1, 0.15) is 30.1 Å². The Morgan fingerprint density at radius 2 is 2.24 bits per heavy atom. The summed E-state index contributed by atoms with van der Waals surface area (Å²) in [7, 11) is 0. The molecule has 4 nitrogen and oxygen atoms in total. The van der Waals surface area contributed by atoms with Crippen molar-refractivity contribution in [2.45, 2.75) is 19.8 Å². The quantitative estimate of drug-likeness (QED) is 0.806. The summed E-state index contributed by atoms with van der Waals surface area (Å²) < 4.78 is 18.4. The molecule has 1 fully saturated rings. The summed E-state index contributed by atoms with van der Waals surface area (Å²) in [6, 6.07) is 4.14. The van der Waals surface area contributed by atoms with Crippen LogP contribution in [-0.4, -0.2) is 36.5 Å². The van der Waals surface area contributed by atoms with E-state index in [4.69, 9.17) is 16.3 Å². The summed E-state index contributed by atoms with van der Waals surface area (Å²) in [6.45, 7) is 2.88. The van der Waals surface area contributed by atoms with Gasteiger partial charge in [-0.15, -0.1) is 0 Å². The van der Waals surface area contributed by atoms with Gasteiger partial charge in [-0.2, -0.15) is 0 Å². The SMILES string of the molecule is CCOC(=O)[C@H]1CCCN(C(=O)c2cccc(F)c2Cl)C1. The average molecular weight is 314 g/mol. The van der Waals surface area contributed by atoms with Gasteiger partial charge in [-0.05, 0) is 31.9 Å². The van der Waals surface area contributed by atoms with Crippen LogP contribution in [0.4, 0.5) is 4.39 Å². The van der Waals surface area contributed by atoms with Gasteiger partial charge in [0.2, 0.25) is 0 Å². The van der Waals surface area contributed by atoms with Crippen molar-refractivity contribution in [3.05, 3.63) is 34.6 Å². The van der Waals surface area contributed by atoms with E-state index < -0.39 is 5.82 Å². The molecule has 0 unspecified atom stereocenters. The van der Waals surface area contributed by atoms with Crippen LogP contribution < -0.4 is 0 Å². The van der Waals surface area contributed by atoms with E-state index in [0.717, 1.165) is 0 Å². The van der Waals surface area contributed by atoms with Gasteiger partial charge < -0.3 is 9.64 Å². The Kier molecular flexibility index (Phi) is 5.17. The Morgan fingerprint density at radius 3 is 2.95 bits per heavy atom. The van der Waals surface area contributed by atoms with Crippen LogP contribution in [0.2, 0.25) is 5.02 Å². The number of carbonyl (C=O) groups is 2. The number of piperidine rings is 1. The first kappa shape index (κ1) is 15.8. The first-order chi connectivity index (χ1) is 10.0. The molecule has 1 aliphatic rings. The van der Waals surface area contributed by atoms with Gasteiger partial charge in [0.1, 0.15) is 5.82 Å². The van der Waals surface area contributed by atoms with E-state index in [-0.39, 0.29) is 34.9 Å². The van der Waals surface area contributed by atoms with Gasteiger partial charge in [-0.1, -0.05) is 17.7 Å². The maximum absolute atomic E-state index is 13.4. The lowest BCUT2D eigenvalue weighted by Gasteiger charge is -2.31. The third-order valence-electron chi connectivity index (χ3n) is 3.51. The highest BCUT2D eigenvalue weighted by Crippen LogP contribution is 2.24. The van der Waals surface area contributed by atoms with E-state index in [1.165, 1.54) is 23.1 Å². The average Bonchev–Trinajstić information content (AvgIpc) is 2.50. The van der Waals surface area contributed by atoms with Crippen LogP contribution in [0, 0.1) is 11.7 Å². The van der Waals surface area contributed by atoms with Crippen molar-refractivity contribution >= 4 is 23.5 Å². The van der Waals surface area contributed by atoms with E-state index in [2.05, 4.69) is 0 Å². The zero-order valence-corrected chi connectivity index (χ0v) is 12.5. The second kappa shape index (κ2) is 6.89. The molecule has 1 aromatic carbocycles. The van der Waals surface area contributed by atoms with Crippen molar-refractivity contribution < 1.29 is 18.7 Å². The first-order valence-corrected chi connectivity index (χ1v) is 7.32. The fourth-order valence-corrected chi connectivity index (χ4v) is 2.66. The number of nitrogens with zero attached hydrogens (tertiary/aromatic N) is 1. The summed E-state index contributed by atoms with van der Waals surface area (Å²) in [6.07, 6.45) is 1.40. The summed E-state index contributed by atoms with van der Waals surface area (Å²) in [5, 5.41) is -0.180. The summed E-state index contributed by atoms with van der Waals surface area (Å²) in [5.74, 6) is -1.59. The Bertz CT molecular complexity index is 550. The minimum atomic E-state index is -0.624. The molecule has 21 heavy (non-hydrogen) atoms. The molecule has 0 aliphatic carbocycles. The van der Waals surface area contributed by atoms with Crippen LogP contribution in [0.3, 0.4) is 0 Å². The monoisotopic (exact) mass is 313 g/mol. The highest BCUT2D eigenvalue weighted by molar-refractivity contribution is 6.34. The van der Waals surface area contributed by atoms with Gasteiger partial charge in [0.05, 0.1) is 23.1 Å². The molecule has 0 N–H and O–H groups in total. The summed E-state index contributed by atoms with van der Waals surface area (Å²) >= 11 is 5.84. The number of carbonyl (C=O) groups excluding carboxylic acids is 2. The number of halogens is 2. The molecule has 0 spiro atoms. The van der Waals surface area contributed by atoms with Crippen LogP contribution in [-0.2, 0) is 9.53 Å². The predicted octanol–water partition coefficient (Wildman–Crippen LogP) is 2.89. The number of benzene rings is 1. The van der Waals surface area contributed by atoms with Gasteiger partial charge in [0, 0.05) is 13.1 Å². The molecule has 1 aliphatic heterocycles. The molecular weight excluding hydrogens is 297 g/mol. The van der Waals surface area contributed by atoms with Crippen LogP contribution in [0.15, 0.2) is 18.2 Å². The molecule has 1 aromatic rings. The zero-order valence-electron chi connectivity index (χ0n) is 11.8. The number of likely N-dealkylation sites (tertiary alicyclic amines) is 1. The van der Waals surface area contributed by atoms with Gasteiger partial charge in [-0.25, -0.2) is 4.39 Å². The van der Waals surface area contributed by atoms with Crippen molar-refractivity contribution in [3.63, 3.8) is 0 Å². The molecule has 1 atom stereocenters. The first-order valence-electron chi connectivity index (χ1n) is 6.94. The van der Waals surface area contributed by atoms with Crippen LogP contribution in [0.5, 0.6) is 0 Å². The number of hydrogen-bond donors (Lipinski definition) is 0. The van der Waals surface area contributed by atoms with Crippen molar-refractivity contribution in [1.29, 1.82) is 0 Å². The minimum absolute atomic E-state index is 0.126. The Labute approximate surface area is 127 Å². The molecule has 0 bridgehead atoms. The second-order valence-electron chi connectivity index (χ2n) is 4.94. The Morgan fingerprint density at radius 1 is 1.48 bits per heavy atom. The Balaban J connectivity index is 2.12. The van der Waals surface area contributed by atoms with E-state index >= 15 is 0 Å². The molecule has 1 heterocycles. The minimum Gasteiger partial charge on any atom is -0.466 e. The normalized spacial score (nSPS) is 18.4. The number of amides is 1. The molecule has 6 heteroatoms. The lowest BCUT2D eigenvalue weighted by Crippen LogP contribution is -2.43. The van der Waals surface area contributed by atoms with Gasteiger partial charge in [0.15, 0.2) is 0 Å². The molecule has 0 saturated carbocycles. The van der Waals surface area contributed by atoms with Gasteiger partial charge >= 0.3 is 5.97 Å². The highest BCUT2D eigenvalue weighted by atomic mass is 35.5. The van der Waals surface area contributed by atoms with Crippen molar-refractivity contribution in [2.24, 2.45) is 5.92 Å². The second-order valence-corrected chi connectivity index (χ2v) is 5.32. The predicted molar refractivity (Wildman–Crippen MR) is 76.7 cm³/mol. The van der Waals surface area contributed by atoms with E-state index in [9.17, 15) is 14.0 Å². The number of ether oxygens (including phenoxy) is 1. The molecule has 0 aromatic heterocycles. The third-order valence-corrected chi connectivity index (χ3v) is 3.89. The Hall–Kier alpha value is -1.62. The van der Waals surface area contributed by atoms with Crippen molar-refractivity contribution in [2.75, 3.05) is 19.7 Å². The number of rotatable bonds is 3. The fraction of sp³-hybridized carbons (Fsp3) is 0.467. The number of hydrogen-bond acceptors (Lipinski definition) is 3. The standard InChI is InChI=1S/C15H17ClFNO3/c1-2-21-15(20)10-5-4-8-18(9-10)14(19)11-6-3-7-12(17)13(11)16/h3,6-7,10H,2,4-5,8-9H2,1H3/t10-/m0/s1. The molecule has 0 radical (unpaired) electrons. The fourth-order valence-electron chi connectivity index (χ4n) is 2.45. The molecule has 114 valence electrons. The van der Waals surface area contributed by atoms with Gasteiger partial charge in [0.25, 0.3) is 5.91 Å². The third kappa shape index (κ3) is 3.53. The van der Waals surface area contributed by atoms with Crippen molar-refractivity contribution in [3.8, 4) is 0 Å². The maximum Gasteiger partial charge on any atom is 0.310 e. The lowest BCUT2D eigenvalue weighted by molar-refractivity contribution is -0.149. The molecular formula is C15H17ClFNO3. The summed E-state index contributed by atoms with van der Waals surface area (Å²) in [4.78, 5) is 25.7. The van der Waals surface area contributed by atoms with Crippen molar-refractivity contribution in [1.82, 2.24) is 4.90 Å². The topological polar surface area (TPSA) is 46.6 Å². The molecule has 1 saturated heterocycles. The zero-order chi connectivity index (χ0) is 15.4. The van der Waals surface area contributed by atoms with Crippen LogP contribution in [0.25, 0.3) is 0 Å².